The lowest BCUT2D eigenvalue weighted by molar-refractivity contribution is 0.160. The van der Waals surface area contributed by atoms with Crippen LogP contribution in [-0.2, 0) is 6.42 Å². The molecule has 0 amide bonds. The fraction of sp³-hybridized carbons (Fsp3) is 0.600. The number of rotatable bonds is 5. The normalized spacial score (nSPS) is 18.0. The van der Waals surface area contributed by atoms with Crippen LogP contribution in [0.3, 0.4) is 0 Å². The minimum atomic E-state index is 0.259. The lowest BCUT2D eigenvalue weighted by atomic mass is 10.1. The highest BCUT2D eigenvalue weighted by molar-refractivity contribution is 7.15. The highest BCUT2D eigenvalue weighted by Crippen LogP contribution is 2.29. The van der Waals surface area contributed by atoms with Gasteiger partial charge in [-0.25, -0.2) is 0 Å². The lowest BCUT2D eigenvalue weighted by Crippen LogP contribution is -2.45. The fourth-order valence-corrected chi connectivity index (χ4v) is 3.62. The number of thiophene rings is 1. The van der Waals surface area contributed by atoms with Gasteiger partial charge in [0.1, 0.15) is 0 Å². The number of nitrogens with one attached hydrogen (secondary N) is 1. The van der Waals surface area contributed by atoms with Crippen LogP contribution in [0.5, 0.6) is 0 Å². The molecule has 114 valence electrons. The zero-order chi connectivity index (χ0) is 14.7. The highest BCUT2D eigenvalue weighted by atomic mass is 32.1. The van der Waals surface area contributed by atoms with Crippen LogP contribution in [-0.4, -0.2) is 41.2 Å². The van der Waals surface area contributed by atoms with Crippen LogP contribution in [0.15, 0.2) is 16.7 Å². The maximum atomic E-state index is 5.49. The molecule has 1 atom stereocenters. The number of hydrogen-bond acceptors (Lipinski definition) is 6. The Hall–Kier alpha value is -1.24. The Morgan fingerprint density at radius 3 is 2.81 bits per heavy atom. The first-order chi connectivity index (χ1) is 10.3. The van der Waals surface area contributed by atoms with Gasteiger partial charge >= 0.3 is 0 Å². The van der Waals surface area contributed by atoms with Gasteiger partial charge in [0, 0.05) is 31.1 Å². The number of nitrogens with zero attached hydrogens (tertiary/aromatic N) is 3. The molecule has 1 fully saturated rings. The molecule has 1 aliphatic rings. The third-order valence-electron chi connectivity index (χ3n) is 3.94. The van der Waals surface area contributed by atoms with Gasteiger partial charge in [-0.2, -0.15) is 4.98 Å². The van der Waals surface area contributed by atoms with Crippen molar-refractivity contribution in [1.82, 2.24) is 20.4 Å². The van der Waals surface area contributed by atoms with Crippen molar-refractivity contribution in [2.75, 3.05) is 26.2 Å². The molecule has 0 saturated carbocycles. The molecule has 0 spiro atoms. The average molecular weight is 306 g/mol. The van der Waals surface area contributed by atoms with Crippen molar-refractivity contribution in [2.24, 2.45) is 0 Å². The molecule has 0 aromatic carbocycles. The van der Waals surface area contributed by atoms with Crippen molar-refractivity contribution in [3.63, 3.8) is 0 Å². The number of hydrogen-bond donors (Lipinski definition) is 1. The van der Waals surface area contributed by atoms with E-state index in [0.717, 1.165) is 49.7 Å². The third kappa shape index (κ3) is 3.17. The Morgan fingerprint density at radius 1 is 1.33 bits per heavy atom. The van der Waals surface area contributed by atoms with Crippen molar-refractivity contribution in [2.45, 2.75) is 32.7 Å². The first kappa shape index (κ1) is 14.7. The van der Waals surface area contributed by atoms with E-state index in [2.05, 4.69) is 46.3 Å². The Balaban J connectivity index is 1.78. The molecule has 2 aromatic rings. The van der Waals surface area contributed by atoms with Gasteiger partial charge in [-0.1, -0.05) is 19.0 Å². The van der Waals surface area contributed by atoms with Crippen LogP contribution in [0.1, 0.15) is 37.0 Å². The maximum Gasteiger partial charge on any atom is 0.268 e. The third-order valence-corrected chi connectivity index (χ3v) is 5.16. The Bertz CT molecular complexity index is 574. The summed E-state index contributed by atoms with van der Waals surface area (Å²) in [6.07, 6.45) is 2.05. The first-order valence-electron chi connectivity index (χ1n) is 7.69. The van der Waals surface area contributed by atoms with Crippen LogP contribution in [0, 0.1) is 0 Å². The molecule has 1 N–H and O–H groups in total. The van der Waals surface area contributed by atoms with Crippen molar-refractivity contribution >= 4 is 11.3 Å². The largest absolute Gasteiger partial charge is 0.333 e. The summed E-state index contributed by atoms with van der Waals surface area (Å²) < 4.78 is 5.49. The Kier molecular flexibility index (Phi) is 4.67. The van der Waals surface area contributed by atoms with Gasteiger partial charge in [0.2, 0.25) is 0 Å². The maximum absolute atomic E-state index is 5.49. The molecule has 1 aliphatic heterocycles. The smallest absolute Gasteiger partial charge is 0.268 e. The Labute approximate surface area is 129 Å². The van der Waals surface area contributed by atoms with Crippen LogP contribution in [0.25, 0.3) is 10.8 Å². The zero-order valence-corrected chi connectivity index (χ0v) is 13.4. The fourth-order valence-electron chi connectivity index (χ4n) is 2.75. The van der Waals surface area contributed by atoms with E-state index >= 15 is 0 Å². The van der Waals surface area contributed by atoms with E-state index in [9.17, 15) is 0 Å². The molecular formula is C15H22N4OS. The van der Waals surface area contributed by atoms with E-state index in [4.69, 9.17) is 4.52 Å². The average Bonchev–Trinajstić information content (AvgIpc) is 3.18. The van der Waals surface area contributed by atoms with Gasteiger partial charge < -0.3 is 9.84 Å². The molecule has 0 bridgehead atoms. The van der Waals surface area contributed by atoms with E-state index in [1.54, 1.807) is 11.3 Å². The van der Waals surface area contributed by atoms with Crippen molar-refractivity contribution in [1.29, 1.82) is 0 Å². The van der Waals surface area contributed by atoms with Gasteiger partial charge in [-0.3, -0.25) is 4.90 Å². The van der Waals surface area contributed by atoms with Gasteiger partial charge in [-0.05, 0) is 25.0 Å². The molecule has 1 unspecified atom stereocenters. The van der Waals surface area contributed by atoms with E-state index in [1.165, 1.54) is 4.88 Å². The molecule has 5 nitrogen and oxygen atoms in total. The summed E-state index contributed by atoms with van der Waals surface area (Å²) in [5.41, 5.74) is 0. The second kappa shape index (κ2) is 6.68. The standard InChI is InChI=1S/C15H22N4OS/c1-3-11-5-6-13(21-11)15-17-14(18-20-15)12(4-2)19-9-7-16-8-10-19/h5-6,12,16H,3-4,7-10H2,1-2H3. The van der Waals surface area contributed by atoms with Crippen molar-refractivity contribution < 1.29 is 4.52 Å². The van der Waals surface area contributed by atoms with Gasteiger partial charge in [0.25, 0.3) is 5.89 Å². The summed E-state index contributed by atoms with van der Waals surface area (Å²) in [6, 6.07) is 4.47. The van der Waals surface area contributed by atoms with E-state index < -0.39 is 0 Å². The summed E-state index contributed by atoms with van der Waals surface area (Å²) in [6.45, 7) is 8.50. The lowest BCUT2D eigenvalue weighted by Gasteiger charge is -2.32. The number of piperazine rings is 1. The predicted molar refractivity (Wildman–Crippen MR) is 84.5 cm³/mol. The minimum absolute atomic E-state index is 0.259. The molecule has 0 radical (unpaired) electrons. The molecule has 6 heteroatoms. The van der Waals surface area contributed by atoms with Gasteiger partial charge in [0.05, 0.1) is 10.9 Å². The highest BCUT2D eigenvalue weighted by Gasteiger charge is 2.25. The molecule has 2 aromatic heterocycles. The Morgan fingerprint density at radius 2 is 2.14 bits per heavy atom. The number of aromatic nitrogens is 2. The monoisotopic (exact) mass is 306 g/mol. The summed E-state index contributed by atoms with van der Waals surface area (Å²) in [5.74, 6) is 1.48. The summed E-state index contributed by atoms with van der Waals surface area (Å²) in [7, 11) is 0. The predicted octanol–water partition coefficient (Wildman–Crippen LogP) is 2.72. The summed E-state index contributed by atoms with van der Waals surface area (Å²) in [4.78, 5) is 9.50. The quantitative estimate of drug-likeness (QED) is 0.920. The van der Waals surface area contributed by atoms with Crippen LogP contribution >= 0.6 is 11.3 Å². The second-order valence-corrected chi connectivity index (χ2v) is 6.46. The van der Waals surface area contributed by atoms with Crippen LogP contribution in [0.4, 0.5) is 0 Å². The molecule has 0 aliphatic carbocycles. The van der Waals surface area contributed by atoms with Crippen molar-refractivity contribution in [3.05, 3.63) is 22.8 Å². The number of aryl methyl sites for hydroxylation is 1. The topological polar surface area (TPSA) is 54.2 Å². The van der Waals surface area contributed by atoms with Gasteiger partial charge in [0.15, 0.2) is 5.82 Å². The summed E-state index contributed by atoms with van der Waals surface area (Å²) in [5, 5.41) is 7.61. The zero-order valence-electron chi connectivity index (χ0n) is 12.6. The molecule has 3 rings (SSSR count). The van der Waals surface area contributed by atoms with Crippen molar-refractivity contribution in [3.8, 4) is 10.8 Å². The first-order valence-corrected chi connectivity index (χ1v) is 8.51. The van der Waals surface area contributed by atoms with Crippen LogP contribution in [0.2, 0.25) is 0 Å². The molecule has 3 heterocycles. The van der Waals surface area contributed by atoms with Gasteiger partial charge in [-0.15, -0.1) is 11.3 Å². The molecular weight excluding hydrogens is 284 g/mol. The molecule has 1 saturated heterocycles. The second-order valence-electron chi connectivity index (χ2n) is 5.29. The van der Waals surface area contributed by atoms with Crippen LogP contribution < -0.4 is 5.32 Å². The van der Waals surface area contributed by atoms with E-state index in [1.807, 2.05) is 0 Å². The SMILES string of the molecule is CCc1ccc(-c2nc(C(CC)N3CCNCC3)no2)s1. The minimum Gasteiger partial charge on any atom is -0.333 e. The van der Waals surface area contributed by atoms with E-state index in [0.29, 0.717) is 5.89 Å². The van der Waals surface area contributed by atoms with E-state index in [-0.39, 0.29) is 6.04 Å². The summed E-state index contributed by atoms with van der Waals surface area (Å²) >= 11 is 1.73. The molecule has 21 heavy (non-hydrogen) atoms.